The van der Waals surface area contributed by atoms with E-state index in [1.54, 1.807) is 6.20 Å². The molecule has 3 rings (SSSR count). The van der Waals surface area contributed by atoms with Crippen LogP contribution in [-0.2, 0) is 0 Å². The van der Waals surface area contributed by atoms with E-state index in [-0.39, 0.29) is 5.91 Å². The summed E-state index contributed by atoms with van der Waals surface area (Å²) >= 11 is 0. The number of carbonyl (C=O) groups excluding carboxylic acids is 1. The molecule has 2 aromatic carbocycles. The van der Waals surface area contributed by atoms with Crippen molar-refractivity contribution in [1.82, 2.24) is 4.98 Å². The Kier molecular flexibility index (Phi) is 3.88. The lowest BCUT2D eigenvalue weighted by molar-refractivity contribution is 0.102. The molecule has 0 fully saturated rings. The minimum absolute atomic E-state index is 0.0919. The van der Waals surface area contributed by atoms with Gasteiger partial charge in [-0.15, -0.1) is 0 Å². The van der Waals surface area contributed by atoms with Gasteiger partial charge < -0.3 is 5.32 Å². The molecule has 1 heterocycles. The van der Waals surface area contributed by atoms with Gasteiger partial charge in [-0.3, -0.25) is 9.78 Å². The number of hydrogen-bond acceptors (Lipinski definition) is 2. The second-order valence-electron chi connectivity index (χ2n) is 5.65. The number of nitrogens with one attached hydrogen (secondary N) is 1. The molecule has 0 spiro atoms. The van der Waals surface area contributed by atoms with Gasteiger partial charge in [-0.05, 0) is 47.9 Å². The SMILES string of the molecule is CC(C)c1cccc(C(=O)Nc2ccc3ncccc3c2)c1. The normalized spacial score (nSPS) is 10.9. The number of hydrogen-bond donors (Lipinski definition) is 1. The van der Waals surface area contributed by atoms with Crippen molar-refractivity contribution in [1.29, 1.82) is 0 Å². The highest BCUT2D eigenvalue weighted by atomic mass is 16.1. The highest BCUT2D eigenvalue weighted by Gasteiger charge is 2.08. The third-order valence-corrected chi connectivity index (χ3v) is 3.68. The molecule has 0 bridgehead atoms. The molecule has 0 radical (unpaired) electrons. The molecule has 0 saturated heterocycles. The zero-order valence-electron chi connectivity index (χ0n) is 12.7. The molecule has 0 aliphatic rings. The predicted molar refractivity (Wildman–Crippen MR) is 90.2 cm³/mol. The minimum Gasteiger partial charge on any atom is -0.322 e. The average molecular weight is 290 g/mol. The number of benzene rings is 2. The van der Waals surface area contributed by atoms with Gasteiger partial charge in [0, 0.05) is 22.8 Å². The highest BCUT2D eigenvalue weighted by molar-refractivity contribution is 6.05. The molecule has 3 heteroatoms. The molecule has 1 amide bonds. The molecule has 0 atom stereocenters. The van der Waals surface area contributed by atoms with Crippen LogP contribution in [0.4, 0.5) is 5.69 Å². The Morgan fingerprint density at radius 3 is 2.73 bits per heavy atom. The molecule has 3 nitrogen and oxygen atoms in total. The lowest BCUT2D eigenvalue weighted by Gasteiger charge is -2.09. The summed E-state index contributed by atoms with van der Waals surface area (Å²) in [5, 5.41) is 3.96. The monoisotopic (exact) mass is 290 g/mol. The van der Waals surface area contributed by atoms with Gasteiger partial charge in [0.1, 0.15) is 0 Å². The van der Waals surface area contributed by atoms with E-state index in [4.69, 9.17) is 0 Å². The van der Waals surface area contributed by atoms with Crippen molar-refractivity contribution in [3.05, 3.63) is 71.9 Å². The van der Waals surface area contributed by atoms with Crippen LogP contribution in [0, 0.1) is 0 Å². The van der Waals surface area contributed by atoms with Gasteiger partial charge in [0.25, 0.3) is 5.91 Å². The van der Waals surface area contributed by atoms with Crippen molar-refractivity contribution in [2.75, 3.05) is 5.32 Å². The van der Waals surface area contributed by atoms with Gasteiger partial charge in [0.15, 0.2) is 0 Å². The van der Waals surface area contributed by atoms with Gasteiger partial charge >= 0.3 is 0 Å². The summed E-state index contributed by atoms with van der Waals surface area (Å²) < 4.78 is 0. The van der Waals surface area contributed by atoms with Crippen LogP contribution in [-0.4, -0.2) is 10.9 Å². The van der Waals surface area contributed by atoms with E-state index < -0.39 is 0 Å². The van der Waals surface area contributed by atoms with Crippen LogP contribution in [0.5, 0.6) is 0 Å². The number of fused-ring (bicyclic) bond motifs is 1. The average Bonchev–Trinajstić information content (AvgIpc) is 2.55. The Bertz CT molecular complexity index is 824. The molecule has 110 valence electrons. The first-order valence-electron chi connectivity index (χ1n) is 7.39. The van der Waals surface area contributed by atoms with E-state index >= 15 is 0 Å². The molecule has 0 unspecified atom stereocenters. The number of carbonyl (C=O) groups is 1. The maximum absolute atomic E-state index is 12.4. The maximum atomic E-state index is 12.4. The first kappa shape index (κ1) is 14.3. The summed E-state index contributed by atoms with van der Waals surface area (Å²) in [6.07, 6.45) is 1.76. The first-order chi connectivity index (χ1) is 10.6. The van der Waals surface area contributed by atoms with Crippen molar-refractivity contribution in [2.45, 2.75) is 19.8 Å². The molecule has 3 aromatic rings. The van der Waals surface area contributed by atoms with Crippen LogP contribution in [0.2, 0.25) is 0 Å². The van der Waals surface area contributed by atoms with Gasteiger partial charge in [0.2, 0.25) is 0 Å². The standard InChI is InChI=1S/C19H18N2O/c1-13(2)14-5-3-6-16(11-14)19(22)21-17-8-9-18-15(12-17)7-4-10-20-18/h3-13H,1-2H3,(H,21,22). The molecular formula is C19H18N2O. The van der Waals surface area contributed by atoms with E-state index in [1.165, 1.54) is 0 Å². The fourth-order valence-electron chi connectivity index (χ4n) is 2.40. The van der Waals surface area contributed by atoms with E-state index in [0.29, 0.717) is 11.5 Å². The summed E-state index contributed by atoms with van der Waals surface area (Å²) in [5.41, 5.74) is 3.54. The summed E-state index contributed by atoms with van der Waals surface area (Å²) in [6, 6.07) is 17.4. The second kappa shape index (κ2) is 5.98. The fourth-order valence-corrected chi connectivity index (χ4v) is 2.40. The van der Waals surface area contributed by atoms with Crippen LogP contribution >= 0.6 is 0 Å². The molecule has 0 aliphatic carbocycles. The van der Waals surface area contributed by atoms with Crippen molar-refractivity contribution >= 4 is 22.5 Å². The van der Waals surface area contributed by atoms with Crippen LogP contribution in [0.1, 0.15) is 35.7 Å². The molecule has 22 heavy (non-hydrogen) atoms. The smallest absolute Gasteiger partial charge is 0.255 e. The quantitative estimate of drug-likeness (QED) is 0.765. The largest absolute Gasteiger partial charge is 0.322 e. The number of anilines is 1. The van der Waals surface area contributed by atoms with E-state index in [1.807, 2.05) is 54.6 Å². The maximum Gasteiger partial charge on any atom is 0.255 e. The Morgan fingerprint density at radius 1 is 1.05 bits per heavy atom. The lowest BCUT2D eigenvalue weighted by atomic mass is 10.0. The Morgan fingerprint density at radius 2 is 1.91 bits per heavy atom. The first-order valence-corrected chi connectivity index (χ1v) is 7.39. The van der Waals surface area contributed by atoms with Crippen molar-refractivity contribution < 1.29 is 4.79 Å². The lowest BCUT2D eigenvalue weighted by Crippen LogP contribution is -2.12. The molecule has 0 saturated carbocycles. The predicted octanol–water partition coefficient (Wildman–Crippen LogP) is 4.61. The summed E-state index contributed by atoms with van der Waals surface area (Å²) in [7, 11) is 0. The van der Waals surface area contributed by atoms with Crippen molar-refractivity contribution in [3.63, 3.8) is 0 Å². The number of pyridine rings is 1. The van der Waals surface area contributed by atoms with Crippen LogP contribution in [0.25, 0.3) is 10.9 Å². The number of amides is 1. The van der Waals surface area contributed by atoms with E-state index in [2.05, 4.69) is 24.1 Å². The number of nitrogens with zero attached hydrogens (tertiary/aromatic N) is 1. The molecule has 1 aromatic heterocycles. The Labute approximate surface area is 130 Å². The van der Waals surface area contributed by atoms with Crippen LogP contribution < -0.4 is 5.32 Å². The van der Waals surface area contributed by atoms with Crippen LogP contribution in [0.3, 0.4) is 0 Å². The summed E-state index contributed by atoms with van der Waals surface area (Å²) in [4.78, 5) is 16.7. The molecular weight excluding hydrogens is 272 g/mol. The molecule has 0 aliphatic heterocycles. The molecule has 1 N–H and O–H groups in total. The number of aromatic nitrogens is 1. The fraction of sp³-hybridized carbons (Fsp3) is 0.158. The second-order valence-corrected chi connectivity index (χ2v) is 5.65. The summed E-state index contributed by atoms with van der Waals surface area (Å²) in [6.45, 7) is 4.24. The van der Waals surface area contributed by atoms with Gasteiger partial charge in [-0.1, -0.05) is 32.0 Å². The highest BCUT2D eigenvalue weighted by Crippen LogP contribution is 2.19. The summed E-state index contributed by atoms with van der Waals surface area (Å²) in [5.74, 6) is 0.310. The van der Waals surface area contributed by atoms with Gasteiger partial charge in [-0.25, -0.2) is 0 Å². The Hall–Kier alpha value is -2.68. The van der Waals surface area contributed by atoms with Gasteiger partial charge in [-0.2, -0.15) is 0 Å². The van der Waals surface area contributed by atoms with Crippen molar-refractivity contribution in [3.8, 4) is 0 Å². The van der Waals surface area contributed by atoms with Crippen molar-refractivity contribution in [2.24, 2.45) is 0 Å². The van der Waals surface area contributed by atoms with Crippen LogP contribution in [0.15, 0.2) is 60.8 Å². The van der Waals surface area contributed by atoms with E-state index in [9.17, 15) is 4.79 Å². The zero-order valence-corrected chi connectivity index (χ0v) is 12.7. The van der Waals surface area contributed by atoms with E-state index in [0.717, 1.165) is 22.2 Å². The van der Waals surface area contributed by atoms with Gasteiger partial charge in [0.05, 0.1) is 5.52 Å². The zero-order chi connectivity index (χ0) is 15.5. The Balaban J connectivity index is 1.84. The third-order valence-electron chi connectivity index (χ3n) is 3.68. The topological polar surface area (TPSA) is 42.0 Å². The third kappa shape index (κ3) is 2.98. The number of rotatable bonds is 3. The minimum atomic E-state index is -0.0919.